The second kappa shape index (κ2) is 10.4. The minimum Gasteiger partial charge on any atom is -0.458 e. The van der Waals surface area contributed by atoms with E-state index < -0.39 is 99.3 Å². The van der Waals surface area contributed by atoms with E-state index in [1.807, 2.05) is 0 Å². The highest BCUT2D eigenvalue weighted by Gasteiger charge is 2.74. The monoisotopic (exact) mass is 582 g/mol. The molecule has 0 amide bonds. The third-order valence-electron chi connectivity index (χ3n) is 9.88. The van der Waals surface area contributed by atoms with Crippen molar-refractivity contribution in [3.8, 4) is 0 Å². The zero-order chi connectivity index (χ0) is 29.9. The Morgan fingerprint density at radius 1 is 1.18 bits per heavy atom. The van der Waals surface area contributed by atoms with Gasteiger partial charge in [-0.05, 0) is 44.1 Å². The predicted octanol–water partition coefficient (Wildman–Crippen LogP) is 3.74. The van der Waals surface area contributed by atoms with Gasteiger partial charge in [0.1, 0.15) is 0 Å². The van der Waals surface area contributed by atoms with Crippen molar-refractivity contribution in [2.45, 2.75) is 84.3 Å². The van der Waals surface area contributed by atoms with Gasteiger partial charge in [-0.25, -0.2) is 4.39 Å². The number of aliphatic hydroxyl groups is 1. The number of carbonyl (C=O) groups is 5. The Morgan fingerprint density at radius 3 is 2.40 bits per heavy atom. The van der Waals surface area contributed by atoms with Crippen LogP contribution in [0.25, 0.3) is 0 Å². The van der Waals surface area contributed by atoms with Crippen LogP contribution in [0.3, 0.4) is 0 Å². The molecule has 4 aliphatic carbocycles. The minimum absolute atomic E-state index is 0.00200. The average molecular weight is 583 g/mol. The number of ether oxygens (including phenoxy) is 3. The van der Waals surface area contributed by atoms with E-state index in [1.54, 1.807) is 27.7 Å². The molecule has 3 fully saturated rings. The summed E-state index contributed by atoms with van der Waals surface area (Å²) in [5.74, 6) is -7.49. The normalized spacial score (nSPS) is 40.3. The second-order valence-corrected chi connectivity index (χ2v) is 12.6. The summed E-state index contributed by atoms with van der Waals surface area (Å²) in [4.78, 5) is 62.5. The van der Waals surface area contributed by atoms with Gasteiger partial charge in [-0.1, -0.05) is 26.3 Å². The number of esters is 3. The van der Waals surface area contributed by atoms with E-state index in [1.165, 1.54) is 13.0 Å². The number of rotatable bonds is 6. The number of hydrogen-bond acceptors (Lipinski definition) is 9. The van der Waals surface area contributed by atoms with E-state index in [0.29, 0.717) is 12.0 Å². The summed E-state index contributed by atoms with van der Waals surface area (Å²) in [5.41, 5.74) is -3.95. The van der Waals surface area contributed by atoms with Gasteiger partial charge in [0.2, 0.25) is 17.3 Å². The molecule has 3 saturated carbocycles. The van der Waals surface area contributed by atoms with Gasteiger partial charge in [-0.3, -0.25) is 24.0 Å². The number of aliphatic hydroxyl groups excluding tert-OH is 1. The Labute approximate surface area is 237 Å². The van der Waals surface area contributed by atoms with Crippen molar-refractivity contribution in [1.29, 1.82) is 0 Å². The molecule has 0 aromatic carbocycles. The number of alkyl halides is 1. The van der Waals surface area contributed by atoms with Crippen molar-refractivity contribution >= 4 is 41.1 Å². The van der Waals surface area contributed by atoms with Crippen LogP contribution in [0.5, 0.6) is 0 Å². The third kappa shape index (κ3) is 4.24. The van der Waals surface area contributed by atoms with Gasteiger partial charge in [-0.2, -0.15) is 0 Å². The summed E-state index contributed by atoms with van der Waals surface area (Å²) in [6.45, 7) is 8.35. The molecule has 220 valence electrons. The van der Waals surface area contributed by atoms with Crippen LogP contribution in [-0.2, 0) is 38.2 Å². The number of hydrogen-bond donors (Lipinski definition) is 1. The van der Waals surface area contributed by atoms with E-state index in [4.69, 9.17) is 25.8 Å². The van der Waals surface area contributed by atoms with Crippen LogP contribution in [0, 0.1) is 34.5 Å². The molecule has 0 spiro atoms. The fourth-order valence-electron chi connectivity index (χ4n) is 8.31. The second-order valence-electron chi connectivity index (χ2n) is 12.0. The lowest BCUT2D eigenvalue weighted by Gasteiger charge is -2.61. The summed E-state index contributed by atoms with van der Waals surface area (Å²) in [6.07, 6.45) is 0.432. The highest BCUT2D eigenvalue weighted by molar-refractivity contribution is 6.21. The van der Waals surface area contributed by atoms with Crippen LogP contribution < -0.4 is 0 Å². The molecule has 1 N–H and O–H groups in total. The first-order valence-electron chi connectivity index (χ1n) is 13.6. The Kier molecular flexibility index (Phi) is 7.86. The maximum absolute atomic E-state index is 16.3. The first-order valence-corrected chi connectivity index (χ1v) is 14.0. The molecule has 0 aromatic rings. The van der Waals surface area contributed by atoms with Crippen molar-refractivity contribution in [3.63, 3.8) is 0 Å². The van der Waals surface area contributed by atoms with Gasteiger partial charge in [0.25, 0.3) is 0 Å². The number of allylic oxidation sites excluding steroid dienone is 3. The average Bonchev–Trinajstić information content (AvgIpc) is 3.08. The van der Waals surface area contributed by atoms with Gasteiger partial charge >= 0.3 is 17.9 Å². The number of carbonyl (C=O) groups excluding carboxylic acids is 5. The molecule has 0 saturated heterocycles. The standard InChI is InChI=1S/C29H36ClFO9/c1-7-22(37)40-29(21(36)12-38-14(3)32)13(2)8-17-23-18(30)9-16-10-19(34)25(39-15(4)33)26(31)28(16,6)24(23)20(35)11-27(17,29)5/h10,13,17-18,20,23-24,35H,7-9,11-12H2,1-6H3/t13-,17+,18-,20+,23-,24+,27+,28+,29-/m1/s1. The zero-order valence-corrected chi connectivity index (χ0v) is 24.3. The number of halogens is 2. The molecule has 0 bridgehead atoms. The van der Waals surface area contributed by atoms with Gasteiger partial charge < -0.3 is 19.3 Å². The summed E-state index contributed by atoms with van der Waals surface area (Å²) in [6, 6.07) is 0. The lowest BCUT2D eigenvalue weighted by Crippen LogP contribution is -2.66. The summed E-state index contributed by atoms with van der Waals surface area (Å²) in [7, 11) is 0. The number of fused-ring (bicyclic) bond motifs is 5. The predicted molar refractivity (Wildman–Crippen MR) is 139 cm³/mol. The largest absolute Gasteiger partial charge is 0.458 e. The molecule has 0 aromatic heterocycles. The highest BCUT2D eigenvalue weighted by Crippen LogP contribution is 2.71. The van der Waals surface area contributed by atoms with E-state index in [9.17, 15) is 29.1 Å². The van der Waals surface area contributed by atoms with Gasteiger partial charge in [0.15, 0.2) is 18.0 Å². The molecule has 4 rings (SSSR count). The first-order chi connectivity index (χ1) is 18.6. The molecule has 40 heavy (non-hydrogen) atoms. The lowest BCUT2D eigenvalue weighted by atomic mass is 9.45. The van der Waals surface area contributed by atoms with E-state index in [2.05, 4.69) is 0 Å². The highest BCUT2D eigenvalue weighted by atomic mass is 35.5. The van der Waals surface area contributed by atoms with Crippen molar-refractivity contribution < 1.29 is 47.7 Å². The molecule has 0 heterocycles. The quantitative estimate of drug-likeness (QED) is 0.282. The smallest absolute Gasteiger partial charge is 0.308 e. The maximum Gasteiger partial charge on any atom is 0.308 e. The molecular weight excluding hydrogens is 547 g/mol. The van der Waals surface area contributed by atoms with Crippen LogP contribution in [0.4, 0.5) is 4.39 Å². The van der Waals surface area contributed by atoms with E-state index >= 15 is 4.39 Å². The van der Waals surface area contributed by atoms with Crippen molar-refractivity contribution in [2.24, 2.45) is 34.5 Å². The summed E-state index contributed by atoms with van der Waals surface area (Å²) in [5, 5.41) is 11.1. The number of Topliss-reactive ketones (excluding diaryl/α,β-unsaturated/α-hetero) is 1. The van der Waals surface area contributed by atoms with Crippen LogP contribution in [0.1, 0.15) is 67.2 Å². The van der Waals surface area contributed by atoms with Crippen LogP contribution in [-0.4, -0.2) is 58.3 Å². The topological polar surface area (TPSA) is 133 Å². The molecular formula is C29H36ClFO9. The molecule has 0 unspecified atom stereocenters. The fraction of sp³-hybridized carbons (Fsp3) is 0.690. The maximum atomic E-state index is 16.3. The van der Waals surface area contributed by atoms with Gasteiger partial charge in [-0.15, -0.1) is 11.6 Å². The molecule has 0 aliphatic heterocycles. The van der Waals surface area contributed by atoms with Crippen LogP contribution in [0.15, 0.2) is 23.2 Å². The van der Waals surface area contributed by atoms with Gasteiger partial charge in [0.05, 0.1) is 11.5 Å². The van der Waals surface area contributed by atoms with E-state index in [-0.39, 0.29) is 19.3 Å². The molecule has 4 aliphatic rings. The van der Waals surface area contributed by atoms with Crippen LogP contribution >= 0.6 is 11.6 Å². The van der Waals surface area contributed by atoms with E-state index in [0.717, 1.165) is 6.92 Å². The molecule has 0 radical (unpaired) electrons. The molecule has 9 atom stereocenters. The number of ketones is 2. The molecule has 11 heteroatoms. The molecule has 9 nitrogen and oxygen atoms in total. The fourth-order valence-corrected chi connectivity index (χ4v) is 8.81. The first kappa shape index (κ1) is 30.4. The SMILES string of the molecule is CCC(=O)O[C@@]1(C(=O)COC(C)=O)[C@H](C)C[C@H]2[C@H]3[C@H]([C@@H](O)C[C@@]21C)[C@]1(C)C(=CC(=O)C(OC(C)=O)=C1F)C[C@H]3Cl. The van der Waals surface area contributed by atoms with Crippen molar-refractivity contribution in [3.05, 3.63) is 23.2 Å². The zero-order valence-electron chi connectivity index (χ0n) is 23.5. The minimum atomic E-state index is -1.72. The Balaban J connectivity index is 1.86. The Morgan fingerprint density at radius 2 is 1.82 bits per heavy atom. The third-order valence-corrected chi connectivity index (χ3v) is 10.3. The van der Waals surface area contributed by atoms with Crippen LogP contribution in [0.2, 0.25) is 0 Å². The Bertz CT molecular complexity index is 1230. The Hall–Kier alpha value is -2.59. The van der Waals surface area contributed by atoms with Gasteiger partial charge in [0, 0.05) is 42.9 Å². The summed E-state index contributed by atoms with van der Waals surface area (Å²) < 4.78 is 32.3. The van der Waals surface area contributed by atoms with Crippen molar-refractivity contribution in [1.82, 2.24) is 0 Å². The van der Waals surface area contributed by atoms with Crippen molar-refractivity contribution in [2.75, 3.05) is 6.61 Å². The summed E-state index contributed by atoms with van der Waals surface area (Å²) >= 11 is 6.99. The lowest BCUT2D eigenvalue weighted by molar-refractivity contribution is -0.206.